The molecule has 0 amide bonds. The molecule has 0 radical (unpaired) electrons. The molecule has 0 nitrogen and oxygen atoms in total. The first-order valence-corrected chi connectivity index (χ1v) is 6.78. The number of hydrogen-bond acceptors (Lipinski definition) is 1. The Bertz CT molecular complexity index is 127. The Hall–Kier alpha value is 0.0900. The molecule has 0 aliphatic heterocycles. The largest absolute Gasteiger partial charge is 0.138 e. The smallest absolute Gasteiger partial charge is 0.0142 e. The van der Waals surface area contributed by atoms with Crippen LogP contribution in [0.1, 0.15) is 58.8 Å². The summed E-state index contributed by atoms with van der Waals surface area (Å²) in [4.78, 5) is 0. The average Bonchev–Trinajstić information content (AvgIpc) is 2.11. The zero-order valence-electron chi connectivity index (χ0n) is 9.44. The van der Waals surface area contributed by atoms with E-state index in [1.807, 2.05) is 11.8 Å². The van der Waals surface area contributed by atoms with Crippen molar-refractivity contribution in [3.8, 4) is 0 Å². The monoisotopic (exact) mass is 200 g/mol. The Morgan fingerprint density at radius 1 is 1.08 bits per heavy atom. The summed E-state index contributed by atoms with van der Waals surface area (Å²) < 4.78 is 0. The molecule has 0 saturated heterocycles. The molecule has 0 saturated carbocycles. The van der Waals surface area contributed by atoms with E-state index in [9.17, 15) is 0 Å². The van der Waals surface area contributed by atoms with Gasteiger partial charge in [-0.15, -0.1) is 11.8 Å². The first kappa shape index (κ1) is 13.1. The van der Waals surface area contributed by atoms with Gasteiger partial charge in [-0.2, -0.15) is 0 Å². The van der Waals surface area contributed by atoms with Crippen LogP contribution in [0.3, 0.4) is 0 Å². The normalized spacial score (nSPS) is 12.1. The summed E-state index contributed by atoms with van der Waals surface area (Å²) >= 11 is 1.82. The molecule has 0 fully saturated rings. The van der Waals surface area contributed by atoms with Crippen molar-refractivity contribution in [2.75, 3.05) is 6.26 Å². The molecule has 13 heavy (non-hydrogen) atoms. The lowest BCUT2D eigenvalue weighted by Gasteiger charge is -2.01. The van der Waals surface area contributed by atoms with Gasteiger partial charge in [0.2, 0.25) is 0 Å². The van der Waals surface area contributed by atoms with Gasteiger partial charge in [-0.3, -0.25) is 0 Å². The quantitative estimate of drug-likeness (QED) is 0.497. The van der Waals surface area contributed by atoms with Crippen molar-refractivity contribution in [2.45, 2.75) is 58.8 Å². The van der Waals surface area contributed by atoms with Crippen molar-refractivity contribution in [3.63, 3.8) is 0 Å². The predicted molar refractivity (Wildman–Crippen MR) is 65.3 cm³/mol. The zero-order valence-corrected chi connectivity index (χ0v) is 10.3. The highest BCUT2D eigenvalue weighted by Crippen LogP contribution is 2.13. The van der Waals surface area contributed by atoms with E-state index in [0.717, 1.165) is 0 Å². The highest BCUT2D eigenvalue weighted by atomic mass is 32.2. The van der Waals surface area contributed by atoms with Gasteiger partial charge in [0.25, 0.3) is 0 Å². The topological polar surface area (TPSA) is 0 Å². The van der Waals surface area contributed by atoms with E-state index < -0.39 is 0 Å². The van der Waals surface area contributed by atoms with Crippen molar-refractivity contribution in [3.05, 3.63) is 11.0 Å². The lowest BCUT2D eigenvalue weighted by Crippen LogP contribution is -1.80. The van der Waals surface area contributed by atoms with E-state index in [1.165, 1.54) is 44.9 Å². The first-order valence-electron chi connectivity index (χ1n) is 5.49. The second-order valence-electron chi connectivity index (χ2n) is 3.72. The van der Waals surface area contributed by atoms with Crippen LogP contribution in [0.2, 0.25) is 0 Å². The van der Waals surface area contributed by atoms with E-state index in [-0.39, 0.29) is 0 Å². The lowest BCUT2D eigenvalue weighted by molar-refractivity contribution is 0.606. The number of allylic oxidation sites excluding steroid dienone is 1. The van der Waals surface area contributed by atoms with Crippen LogP contribution in [0.4, 0.5) is 0 Å². The van der Waals surface area contributed by atoms with Gasteiger partial charge in [-0.05, 0) is 31.4 Å². The summed E-state index contributed by atoms with van der Waals surface area (Å²) in [6.45, 7) is 4.51. The molecule has 1 heteroatoms. The zero-order chi connectivity index (χ0) is 9.94. The number of thioether (sulfide) groups is 1. The molecule has 0 heterocycles. The van der Waals surface area contributed by atoms with Crippen molar-refractivity contribution < 1.29 is 0 Å². The van der Waals surface area contributed by atoms with Crippen molar-refractivity contribution in [2.24, 2.45) is 0 Å². The minimum Gasteiger partial charge on any atom is -0.138 e. The Kier molecular flexibility index (Phi) is 10.2. The minimum absolute atomic E-state index is 1.30. The lowest BCUT2D eigenvalue weighted by atomic mass is 10.1. The molecule has 0 aliphatic rings. The summed E-state index contributed by atoms with van der Waals surface area (Å²) in [5.41, 5.74) is 1.54. The molecule has 0 bridgehead atoms. The van der Waals surface area contributed by atoms with Gasteiger partial charge < -0.3 is 0 Å². The minimum atomic E-state index is 1.30. The van der Waals surface area contributed by atoms with E-state index in [1.54, 1.807) is 5.57 Å². The molecule has 0 N–H and O–H groups in total. The second-order valence-corrected chi connectivity index (χ2v) is 4.42. The molecule has 0 aromatic rings. The van der Waals surface area contributed by atoms with Gasteiger partial charge in [-0.1, -0.05) is 44.6 Å². The third kappa shape index (κ3) is 10.0. The van der Waals surface area contributed by atoms with Crippen LogP contribution in [0.15, 0.2) is 11.0 Å². The van der Waals surface area contributed by atoms with Crippen LogP contribution in [0.25, 0.3) is 0 Å². The number of unbranched alkanes of at least 4 members (excludes halogenated alkanes) is 5. The SMILES string of the molecule is CCCCCCCC/C(C)=C\SC. The summed E-state index contributed by atoms with van der Waals surface area (Å²) in [5.74, 6) is 0. The fourth-order valence-electron chi connectivity index (χ4n) is 1.44. The van der Waals surface area contributed by atoms with Gasteiger partial charge in [0.15, 0.2) is 0 Å². The highest BCUT2D eigenvalue weighted by molar-refractivity contribution is 8.01. The van der Waals surface area contributed by atoms with Gasteiger partial charge in [0.1, 0.15) is 0 Å². The maximum atomic E-state index is 2.27. The van der Waals surface area contributed by atoms with Crippen molar-refractivity contribution in [1.29, 1.82) is 0 Å². The van der Waals surface area contributed by atoms with Crippen molar-refractivity contribution in [1.82, 2.24) is 0 Å². The van der Waals surface area contributed by atoms with E-state index >= 15 is 0 Å². The van der Waals surface area contributed by atoms with Crippen LogP contribution in [-0.4, -0.2) is 6.26 Å². The molecular formula is C12H24S. The Morgan fingerprint density at radius 2 is 1.69 bits per heavy atom. The third-order valence-electron chi connectivity index (χ3n) is 2.24. The molecule has 0 rings (SSSR count). The molecule has 0 spiro atoms. The van der Waals surface area contributed by atoms with Crippen molar-refractivity contribution >= 4 is 11.8 Å². The highest BCUT2D eigenvalue weighted by Gasteiger charge is 1.91. The van der Waals surface area contributed by atoms with Crippen LogP contribution < -0.4 is 0 Å². The first-order chi connectivity index (χ1) is 6.31. The van der Waals surface area contributed by atoms with Crippen LogP contribution >= 0.6 is 11.8 Å². The summed E-state index contributed by atoms with van der Waals surface area (Å²) in [6.07, 6.45) is 11.9. The molecule has 0 atom stereocenters. The number of hydrogen-bond donors (Lipinski definition) is 0. The molecular weight excluding hydrogens is 176 g/mol. The molecule has 0 aromatic heterocycles. The molecule has 0 aromatic carbocycles. The Balaban J connectivity index is 3.11. The number of rotatable bonds is 8. The molecule has 0 unspecified atom stereocenters. The molecule has 0 aliphatic carbocycles. The fourth-order valence-corrected chi connectivity index (χ4v) is 1.96. The summed E-state index contributed by atoms with van der Waals surface area (Å²) in [5, 5.41) is 2.27. The summed E-state index contributed by atoms with van der Waals surface area (Å²) in [7, 11) is 0. The van der Waals surface area contributed by atoms with Gasteiger partial charge in [-0.25, -0.2) is 0 Å². The van der Waals surface area contributed by atoms with E-state index in [4.69, 9.17) is 0 Å². The van der Waals surface area contributed by atoms with Crippen LogP contribution in [0, 0.1) is 0 Å². The average molecular weight is 200 g/mol. The standard InChI is InChI=1S/C12H24S/c1-4-5-6-7-8-9-10-12(2)11-13-3/h11H,4-10H2,1-3H3/b12-11-. The fraction of sp³-hybridized carbons (Fsp3) is 0.833. The van der Waals surface area contributed by atoms with Gasteiger partial charge >= 0.3 is 0 Å². The third-order valence-corrected chi connectivity index (χ3v) is 2.88. The maximum absolute atomic E-state index is 2.27. The summed E-state index contributed by atoms with van der Waals surface area (Å²) in [6, 6.07) is 0. The Morgan fingerprint density at radius 3 is 2.31 bits per heavy atom. The molecule has 78 valence electrons. The second kappa shape index (κ2) is 10.2. The van der Waals surface area contributed by atoms with Gasteiger partial charge in [0, 0.05) is 0 Å². The van der Waals surface area contributed by atoms with E-state index in [2.05, 4.69) is 25.5 Å². The maximum Gasteiger partial charge on any atom is -0.0142 e. The van der Waals surface area contributed by atoms with Crippen LogP contribution in [0.5, 0.6) is 0 Å². The van der Waals surface area contributed by atoms with E-state index in [0.29, 0.717) is 0 Å². The predicted octanol–water partition coefficient (Wildman–Crippen LogP) is 5.00. The Labute approximate surface area is 88.2 Å². The van der Waals surface area contributed by atoms with Gasteiger partial charge in [0.05, 0.1) is 0 Å². The van der Waals surface area contributed by atoms with Crippen LogP contribution in [-0.2, 0) is 0 Å².